The van der Waals surface area contributed by atoms with Gasteiger partial charge >= 0.3 is 5.97 Å². The van der Waals surface area contributed by atoms with Crippen LogP contribution in [0.1, 0.15) is 51.0 Å². The first-order chi connectivity index (χ1) is 11.5. The second-order valence-corrected chi connectivity index (χ2v) is 6.71. The zero-order chi connectivity index (χ0) is 17.6. The van der Waals surface area contributed by atoms with Crippen LogP contribution >= 0.6 is 24.0 Å². The molecule has 1 saturated carbocycles. The summed E-state index contributed by atoms with van der Waals surface area (Å²) in [6.07, 6.45) is 4.31. The number of carbonyl (C=O) groups excluding carboxylic acids is 2. The van der Waals surface area contributed by atoms with Gasteiger partial charge in [-0.05, 0) is 51.4 Å². The average Bonchev–Trinajstić information content (AvgIpc) is 2.56. The van der Waals surface area contributed by atoms with Crippen LogP contribution in [0, 0.1) is 0 Å². The van der Waals surface area contributed by atoms with Crippen molar-refractivity contribution < 1.29 is 14.3 Å². The highest BCUT2D eigenvalue weighted by Crippen LogP contribution is 2.42. The number of hydrogen-bond acceptors (Lipinski definition) is 4. The lowest BCUT2D eigenvalue weighted by atomic mass is 9.74. The summed E-state index contributed by atoms with van der Waals surface area (Å²) in [5, 5.41) is 0.630. The molecule has 0 radical (unpaired) electrons. The summed E-state index contributed by atoms with van der Waals surface area (Å²) in [6.45, 7) is 2.85. The largest absolute Gasteiger partial charge is 0.466 e. The number of rotatable bonds is 7. The highest BCUT2D eigenvalue weighted by atomic mass is 35.5. The number of ether oxygens (including phenoxy) is 1. The number of halogens is 2. The molecule has 0 bridgehead atoms. The van der Waals surface area contributed by atoms with Crippen LogP contribution in [-0.2, 0) is 19.9 Å². The van der Waals surface area contributed by atoms with Crippen molar-refractivity contribution in [1.29, 1.82) is 0 Å². The Kier molecular flexibility index (Phi) is 8.91. The first-order valence-electron chi connectivity index (χ1n) is 8.67. The van der Waals surface area contributed by atoms with Crippen LogP contribution in [0.5, 0.6) is 0 Å². The summed E-state index contributed by atoms with van der Waals surface area (Å²) in [6, 6.07) is 7.60. The Morgan fingerprint density at radius 1 is 1.32 bits per heavy atom. The van der Waals surface area contributed by atoms with Crippen LogP contribution in [0.15, 0.2) is 24.3 Å². The van der Waals surface area contributed by atoms with E-state index in [1.54, 1.807) is 6.92 Å². The van der Waals surface area contributed by atoms with Crippen LogP contribution in [0.25, 0.3) is 0 Å². The summed E-state index contributed by atoms with van der Waals surface area (Å²) >= 11 is 6.43. The number of benzene rings is 1. The Balaban J connectivity index is 0.00000312. The smallest absolute Gasteiger partial charge is 0.305 e. The summed E-state index contributed by atoms with van der Waals surface area (Å²) in [5.74, 6) is 0.0353. The van der Waals surface area contributed by atoms with Crippen LogP contribution in [-0.4, -0.2) is 36.9 Å². The van der Waals surface area contributed by atoms with Gasteiger partial charge in [-0.2, -0.15) is 0 Å². The van der Waals surface area contributed by atoms with Crippen molar-refractivity contribution in [3.63, 3.8) is 0 Å². The third kappa shape index (κ3) is 4.96. The monoisotopic (exact) mass is 387 g/mol. The number of Topliss-reactive ketones (excluding diaryl/α,β-unsaturated/α-hetero) is 1. The topological polar surface area (TPSA) is 46.6 Å². The molecule has 0 aliphatic heterocycles. The minimum atomic E-state index is -0.675. The van der Waals surface area contributed by atoms with E-state index in [0.29, 0.717) is 37.4 Å². The van der Waals surface area contributed by atoms with Gasteiger partial charge in [-0.1, -0.05) is 36.2 Å². The fraction of sp³-hybridized carbons (Fsp3) is 0.579. The van der Waals surface area contributed by atoms with Crippen molar-refractivity contribution in [3.05, 3.63) is 34.9 Å². The quantitative estimate of drug-likeness (QED) is 0.651. The molecule has 0 spiro atoms. The second-order valence-electron chi connectivity index (χ2n) is 6.30. The van der Waals surface area contributed by atoms with Gasteiger partial charge in [0.15, 0.2) is 5.78 Å². The maximum atomic E-state index is 12.9. The number of hydrogen-bond donors (Lipinski definition) is 0. The normalized spacial score (nSPS) is 20.2. The number of ketones is 1. The SMILES string of the molecule is CCOC(=O)CCCN(C)C1(c2ccccc2Cl)CCCCC1=O.Cl. The van der Waals surface area contributed by atoms with E-state index in [9.17, 15) is 9.59 Å². The molecule has 1 atom stereocenters. The molecule has 4 nitrogen and oxygen atoms in total. The fourth-order valence-corrected chi connectivity index (χ4v) is 3.88. The molecule has 1 aromatic carbocycles. The summed E-state index contributed by atoms with van der Waals surface area (Å²) in [4.78, 5) is 26.5. The first-order valence-corrected chi connectivity index (χ1v) is 9.05. The van der Waals surface area contributed by atoms with Gasteiger partial charge in [-0.15, -0.1) is 12.4 Å². The highest BCUT2D eigenvalue weighted by Gasteiger charge is 2.45. The van der Waals surface area contributed by atoms with Gasteiger partial charge in [0.2, 0.25) is 0 Å². The van der Waals surface area contributed by atoms with E-state index in [1.165, 1.54) is 0 Å². The molecular formula is C19H27Cl2NO3. The molecule has 2 rings (SSSR count). The Morgan fingerprint density at radius 3 is 2.68 bits per heavy atom. The van der Waals surface area contributed by atoms with Crippen LogP contribution in [0.4, 0.5) is 0 Å². The van der Waals surface area contributed by atoms with E-state index < -0.39 is 5.54 Å². The summed E-state index contributed by atoms with van der Waals surface area (Å²) in [7, 11) is 1.96. The van der Waals surface area contributed by atoms with Crippen LogP contribution in [0.3, 0.4) is 0 Å². The molecule has 0 heterocycles. The molecule has 0 N–H and O–H groups in total. The zero-order valence-electron chi connectivity index (χ0n) is 14.9. The number of likely N-dealkylation sites (N-methyl/N-ethyl adjacent to an activating group) is 1. The van der Waals surface area contributed by atoms with Crippen molar-refractivity contribution in [3.8, 4) is 0 Å². The molecule has 0 aromatic heterocycles. The fourth-order valence-electron chi connectivity index (χ4n) is 3.59. The van der Waals surface area contributed by atoms with Crippen molar-refractivity contribution in [2.75, 3.05) is 20.2 Å². The lowest BCUT2D eigenvalue weighted by molar-refractivity contribution is -0.143. The Morgan fingerprint density at radius 2 is 2.04 bits per heavy atom. The molecule has 1 unspecified atom stereocenters. The number of carbonyl (C=O) groups is 2. The number of esters is 1. The molecule has 140 valence electrons. The van der Waals surface area contributed by atoms with Crippen molar-refractivity contribution in [2.24, 2.45) is 0 Å². The molecule has 6 heteroatoms. The predicted octanol–water partition coefficient (Wildman–Crippen LogP) is 4.38. The zero-order valence-corrected chi connectivity index (χ0v) is 16.5. The third-order valence-corrected chi connectivity index (χ3v) is 5.13. The minimum absolute atomic E-state index is 0. The van der Waals surface area contributed by atoms with E-state index in [-0.39, 0.29) is 24.2 Å². The van der Waals surface area contributed by atoms with E-state index in [1.807, 2.05) is 31.3 Å². The summed E-state index contributed by atoms with van der Waals surface area (Å²) < 4.78 is 4.97. The van der Waals surface area contributed by atoms with Gasteiger partial charge < -0.3 is 4.74 Å². The van der Waals surface area contributed by atoms with Gasteiger partial charge in [0, 0.05) is 17.9 Å². The standard InChI is InChI=1S/C19H26ClNO3.ClH/c1-3-24-18(23)12-8-14-21(2)19(13-7-6-11-17(19)22)15-9-4-5-10-16(15)20;/h4-5,9-10H,3,6-8,11-14H2,1-2H3;1H. The van der Waals surface area contributed by atoms with Crippen molar-refractivity contribution in [1.82, 2.24) is 4.90 Å². The lowest BCUT2D eigenvalue weighted by Crippen LogP contribution is -2.52. The van der Waals surface area contributed by atoms with Gasteiger partial charge in [-0.3, -0.25) is 14.5 Å². The molecule has 1 aliphatic rings. The Hall–Kier alpha value is -1.10. The minimum Gasteiger partial charge on any atom is -0.466 e. The van der Waals surface area contributed by atoms with Gasteiger partial charge in [0.05, 0.1) is 6.61 Å². The van der Waals surface area contributed by atoms with E-state index in [2.05, 4.69) is 4.90 Å². The predicted molar refractivity (Wildman–Crippen MR) is 102 cm³/mol. The highest BCUT2D eigenvalue weighted by molar-refractivity contribution is 6.31. The van der Waals surface area contributed by atoms with E-state index >= 15 is 0 Å². The Labute approximate surface area is 161 Å². The molecular weight excluding hydrogens is 361 g/mol. The lowest BCUT2D eigenvalue weighted by Gasteiger charge is -2.44. The molecule has 0 amide bonds. The molecule has 0 saturated heterocycles. The van der Waals surface area contributed by atoms with Crippen LogP contribution in [0.2, 0.25) is 5.02 Å². The first kappa shape index (κ1) is 21.9. The molecule has 25 heavy (non-hydrogen) atoms. The number of nitrogens with zero attached hydrogens (tertiary/aromatic N) is 1. The van der Waals surface area contributed by atoms with E-state index in [4.69, 9.17) is 16.3 Å². The molecule has 1 aromatic rings. The van der Waals surface area contributed by atoms with Gasteiger partial charge in [0.1, 0.15) is 5.54 Å². The van der Waals surface area contributed by atoms with E-state index in [0.717, 1.165) is 24.8 Å². The molecule has 1 aliphatic carbocycles. The molecule has 1 fully saturated rings. The maximum absolute atomic E-state index is 12.9. The van der Waals surface area contributed by atoms with Crippen molar-refractivity contribution in [2.45, 2.75) is 51.0 Å². The third-order valence-electron chi connectivity index (χ3n) is 4.80. The van der Waals surface area contributed by atoms with Crippen LogP contribution < -0.4 is 0 Å². The summed E-state index contributed by atoms with van der Waals surface area (Å²) in [5.41, 5.74) is 0.209. The maximum Gasteiger partial charge on any atom is 0.305 e. The Bertz CT molecular complexity index is 594. The van der Waals surface area contributed by atoms with Gasteiger partial charge in [0.25, 0.3) is 0 Å². The van der Waals surface area contributed by atoms with Crippen molar-refractivity contribution >= 4 is 35.8 Å². The van der Waals surface area contributed by atoms with Gasteiger partial charge in [-0.25, -0.2) is 0 Å². The average molecular weight is 388 g/mol. The second kappa shape index (κ2) is 10.1.